The largest absolute Gasteiger partial charge is 0.481 e. The quantitative estimate of drug-likeness (QED) is 0.518. The second-order valence-electron chi connectivity index (χ2n) is 9.72. The van der Waals surface area contributed by atoms with Crippen molar-refractivity contribution in [3.05, 3.63) is 12.2 Å². The number of carboxylic acid groups (broad SMARTS) is 1. The molecule has 0 unspecified atom stereocenters. The molecule has 5 atom stereocenters. The molecule has 0 aromatic rings. The van der Waals surface area contributed by atoms with Crippen molar-refractivity contribution >= 4 is 11.9 Å². The van der Waals surface area contributed by atoms with Gasteiger partial charge in [0.2, 0.25) is 0 Å². The molecule has 148 valence electrons. The van der Waals surface area contributed by atoms with Crippen LogP contribution in [0, 0.1) is 28.6 Å². The molecule has 2 aliphatic carbocycles. The first-order valence-electron chi connectivity index (χ1n) is 10.0. The Morgan fingerprint density at radius 3 is 2.54 bits per heavy atom. The second-order valence-corrected chi connectivity index (χ2v) is 9.72. The molecule has 0 heterocycles. The van der Waals surface area contributed by atoms with Crippen LogP contribution >= 0.6 is 0 Å². The van der Waals surface area contributed by atoms with Crippen molar-refractivity contribution in [2.75, 3.05) is 0 Å². The van der Waals surface area contributed by atoms with Crippen molar-refractivity contribution in [1.82, 2.24) is 0 Å². The number of ether oxygens (including phenoxy) is 1. The fourth-order valence-corrected chi connectivity index (χ4v) is 6.11. The summed E-state index contributed by atoms with van der Waals surface area (Å²) in [6, 6.07) is 0. The summed E-state index contributed by atoms with van der Waals surface area (Å²) in [6.45, 7) is 14.9. The molecule has 2 fully saturated rings. The van der Waals surface area contributed by atoms with Crippen LogP contribution in [0.4, 0.5) is 0 Å². The molecule has 0 aromatic carbocycles. The second kappa shape index (κ2) is 7.74. The maximum absolute atomic E-state index is 11.6. The number of fused-ring (bicyclic) bond motifs is 1. The highest BCUT2D eigenvalue weighted by molar-refractivity contribution is 5.67. The Balaban J connectivity index is 2.21. The Bertz CT molecular complexity index is 564. The van der Waals surface area contributed by atoms with Gasteiger partial charge in [-0.1, -0.05) is 39.8 Å². The number of hydrogen-bond donors (Lipinski definition) is 1. The SMILES string of the molecule is C=C1CC[C@H]2C(C)(C)C[C@@H](OC(C)=O)C[C@]2(C)[C@H]1CC[C@@H](C)CC(=O)O. The highest BCUT2D eigenvalue weighted by atomic mass is 16.5. The number of rotatable bonds is 6. The van der Waals surface area contributed by atoms with Crippen LogP contribution in [0.3, 0.4) is 0 Å². The highest BCUT2D eigenvalue weighted by Gasteiger charge is 2.55. The number of carboxylic acids is 1. The van der Waals surface area contributed by atoms with Crippen molar-refractivity contribution in [1.29, 1.82) is 0 Å². The third-order valence-corrected chi connectivity index (χ3v) is 7.01. The van der Waals surface area contributed by atoms with Crippen LogP contribution in [0.2, 0.25) is 0 Å². The van der Waals surface area contributed by atoms with Crippen LogP contribution in [-0.4, -0.2) is 23.1 Å². The number of allylic oxidation sites excluding steroid dienone is 1. The van der Waals surface area contributed by atoms with Crippen molar-refractivity contribution in [3.8, 4) is 0 Å². The first kappa shape index (κ1) is 21.0. The minimum Gasteiger partial charge on any atom is -0.481 e. The van der Waals surface area contributed by atoms with Gasteiger partial charge in [0.25, 0.3) is 0 Å². The van der Waals surface area contributed by atoms with Crippen LogP contribution in [0.1, 0.15) is 79.6 Å². The fraction of sp³-hybridized carbons (Fsp3) is 0.818. The monoisotopic (exact) mass is 364 g/mol. The van der Waals surface area contributed by atoms with E-state index < -0.39 is 5.97 Å². The van der Waals surface area contributed by atoms with Gasteiger partial charge in [0.05, 0.1) is 0 Å². The lowest BCUT2D eigenvalue weighted by Crippen LogP contribution is -2.53. The molecule has 0 radical (unpaired) electrons. The molecule has 4 heteroatoms. The van der Waals surface area contributed by atoms with E-state index in [9.17, 15) is 9.59 Å². The summed E-state index contributed by atoms with van der Waals surface area (Å²) in [6.07, 6.45) is 6.07. The molecular formula is C22H36O4. The lowest BCUT2D eigenvalue weighted by atomic mass is 9.46. The van der Waals surface area contributed by atoms with Gasteiger partial charge in [-0.3, -0.25) is 9.59 Å². The predicted octanol–water partition coefficient (Wildman–Crippen LogP) is 5.22. The average Bonchev–Trinajstić information content (AvgIpc) is 2.42. The van der Waals surface area contributed by atoms with E-state index in [4.69, 9.17) is 9.84 Å². The summed E-state index contributed by atoms with van der Waals surface area (Å²) in [5.74, 6) is 0.194. The Morgan fingerprint density at radius 2 is 1.96 bits per heavy atom. The van der Waals surface area contributed by atoms with E-state index in [0.29, 0.717) is 11.8 Å². The van der Waals surface area contributed by atoms with Gasteiger partial charge < -0.3 is 9.84 Å². The molecule has 0 saturated heterocycles. The Kier molecular flexibility index (Phi) is 6.24. The van der Waals surface area contributed by atoms with Gasteiger partial charge in [0, 0.05) is 13.3 Å². The smallest absolute Gasteiger partial charge is 0.303 e. The fourth-order valence-electron chi connectivity index (χ4n) is 6.11. The standard InChI is InChI=1S/C22H36O4/c1-14(11-20(24)25)7-9-18-15(2)8-10-19-21(4,5)12-17(26-16(3)23)13-22(18,19)6/h14,17-19H,2,7-13H2,1,3-6H3,(H,24,25)/t14-,17-,18+,19+,22-/m1/s1. The van der Waals surface area contributed by atoms with E-state index in [1.54, 1.807) is 0 Å². The maximum Gasteiger partial charge on any atom is 0.303 e. The van der Waals surface area contributed by atoms with Crippen LogP contribution in [0.5, 0.6) is 0 Å². The van der Waals surface area contributed by atoms with Gasteiger partial charge in [-0.2, -0.15) is 0 Å². The highest BCUT2D eigenvalue weighted by Crippen LogP contribution is 2.62. The Labute approximate surface area is 158 Å². The third kappa shape index (κ3) is 4.50. The van der Waals surface area contributed by atoms with E-state index in [0.717, 1.165) is 38.5 Å². The van der Waals surface area contributed by atoms with Crippen molar-refractivity contribution in [2.45, 2.75) is 85.7 Å². The summed E-state index contributed by atoms with van der Waals surface area (Å²) in [5.41, 5.74) is 1.48. The maximum atomic E-state index is 11.6. The average molecular weight is 365 g/mol. The summed E-state index contributed by atoms with van der Waals surface area (Å²) < 4.78 is 5.66. The molecule has 26 heavy (non-hydrogen) atoms. The van der Waals surface area contributed by atoms with Gasteiger partial charge >= 0.3 is 11.9 Å². The van der Waals surface area contributed by atoms with Crippen LogP contribution in [0.15, 0.2) is 12.2 Å². The molecule has 0 aliphatic heterocycles. The van der Waals surface area contributed by atoms with E-state index in [1.807, 2.05) is 6.92 Å². The molecule has 2 rings (SSSR count). The van der Waals surface area contributed by atoms with Crippen LogP contribution in [0.25, 0.3) is 0 Å². The first-order valence-corrected chi connectivity index (χ1v) is 10.0. The molecule has 0 aromatic heterocycles. The number of hydrogen-bond acceptors (Lipinski definition) is 3. The van der Waals surface area contributed by atoms with Gasteiger partial charge in [-0.25, -0.2) is 0 Å². The van der Waals surface area contributed by atoms with Gasteiger partial charge in [0.15, 0.2) is 0 Å². The number of carbonyl (C=O) groups is 2. The number of esters is 1. The molecule has 1 N–H and O–H groups in total. The Hall–Kier alpha value is -1.32. The van der Waals surface area contributed by atoms with Crippen molar-refractivity contribution < 1.29 is 19.4 Å². The lowest BCUT2D eigenvalue weighted by Gasteiger charge is -2.59. The number of aliphatic carboxylic acids is 1. The van der Waals surface area contributed by atoms with E-state index >= 15 is 0 Å². The zero-order chi connectivity index (χ0) is 19.7. The predicted molar refractivity (Wildman–Crippen MR) is 103 cm³/mol. The van der Waals surface area contributed by atoms with Crippen LogP contribution < -0.4 is 0 Å². The molecule has 2 aliphatic rings. The topological polar surface area (TPSA) is 63.6 Å². The van der Waals surface area contributed by atoms with Crippen LogP contribution in [-0.2, 0) is 14.3 Å². The summed E-state index contributed by atoms with van der Waals surface area (Å²) in [5, 5.41) is 9.03. The molecule has 0 bridgehead atoms. The zero-order valence-corrected chi connectivity index (χ0v) is 17.1. The molecule has 2 saturated carbocycles. The van der Waals surface area contributed by atoms with Gasteiger partial charge in [0.1, 0.15) is 6.10 Å². The number of carbonyl (C=O) groups excluding carboxylic acids is 1. The molecule has 0 spiro atoms. The summed E-state index contributed by atoms with van der Waals surface area (Å²) >= 11 is 0. The summed E-state index contributed by atoms with van der Waals surface area (Å²) in [4.78, 5) is 22.5. The van der Waals surface area contributed by atoms with Gasteiger partial charge in [-0.05, 0) is 67.1 Å². The van der Waals surface area contributed by atoms with E-state index in [2.05, 4.69) is 27.4 Å². The van der Waals surface area contributed by atoms with Crippen molar-refractivity contribution in [2.24, 2.45) is 28.6 Å². The summed E-state index contributed by atoms with van der Waals surface area (Å²) in [7, 11) is 0. The Morgan fingerprint density at radius 1 is 1.31 bits per heavy atom. The normalized spacial score (nSPS) is 34.7. The third-order valence-electron chi connectivity index (χ3n) is 7.01. The molecule has 0 amide bonds. The zero-order valence-electron chi connectivity index (χ0n) is 17.1. The van der Waals surface area contributed by atoms with Crippen molar-refractivity contribution in [3.63, 3.8) is 0 Å². The first-order chi connectivity index (χ1) is 12.0. The molecule has 4 nitrogen and oxygen atoms in total. The molecular weight excluding hydrogens is 328 g/mol. The lowest BCUT2D eigenvalue weighted by molar-refractivity contribution is -0.163. The minimum absolute atomic E-state index is 0.0337. The minimum atomic E-state index is -0.724. The van der Waals surface area contributed by atoms with E-state index in [-0.39, 0.29) is 35.2 Å². The van der Waals surface area contributed by atoms with Gasteiger partial charge in [-0.15, -0.1) is 0 Å². The van der Waals surface area contributed by atoms with E-state index in [1.165, 1.54) is 12.5 Å².